The highest BCUT2D eigenvalue weighted by molar-refractivity contribution is 8.00. The number of aromatic nitrogens is 2. The molecule has 180 valence electrons. The van der Waals surface area contributed by atoms with Gasteiger partial charge in [-0.2, -0.15) is 5.26 Å². The highest BCUT2D eigenvalue weighted by Crippen LogP contribution is 2.30. The summed E-state index contributed by atoms with van der Waals surface area (Å²) in [5.41, 5.74) is 8.72. The van der Waals surface area contributed by atoms with E-state index in [2.05, 4.69) is 21.7 Å². The molecule has 1 atom stereocenters. The molecular weight excluding hydrogens is 460 g/mol. The van der Waals surface area contributed by atoms with Crippen LogP contribution in [0.25, 0.3) is 10.9 Å². The lowest BCUT2D eigenvalue weighted by Crippen LogP contribution is -2.42. The van der Waals surface area contributed by atoms with Gasteiger partial charge >= 0.3 is 0 Å². The van der Waals surface area contributed by atoms with Crippen molar-refractivity contribution in [2.75, 3.05) is 11.1 Å². The predicted molar refractivity (Wildman–Crippen MR) is 137 cm³/mol. The number of hydrogen-bond donors (Lipinski definition) is 3. The summed E-state index contributed by atoms with van der Waals surface area (Å²) in [4.78, 5) is 29.8. The van der Waals surface area contributed by atoms with Crippen LogP contribution in [0.1, 0.15) is 36.9 Å². The second-order valence-corrected chi connectivity index (χ2v) is 10.3. The third kappa shape index (κ3) is 5.25. The Balaban J connectivity index is 1.17. The van der Waals surface area contributed by atoms with E-state index in [9.17, 15) is 14.9 Å². The average molecular weight is 489 g/mol. The van der Waals surface area contributed by atoms with Gasteiger partial charge in [0.1, 0.15) is 5.82 Å². The molecule has 1 aliphatic heterocycles. The van der Waals surface area contributed by atoms with Gasteiger partial charge in [-0.15, -0.1) is 11.8 Å². The van der Waals surface area contributed by atoms with Crippen LogP contribution in [0.4, 0.5) is 5.82 Å². The van der Waals surface area contributed by atoms with Gasteiger partial charge in [-0.3, -0.25) is 9.59 Å². The molecule has 0 unspecified atom stereocenters. The number of rotatable bonds is 6. The van der Waals surface area contributed by atoms with E-state index in [1.165, 1.54) is 11.8 Å². The van der Waals surface area contributed by atoms with E-state index in [1.54, 1.807) is 28.8 Å². The third-order valence-electron chi connectivity index (χ3n) is 7.00. The summed E-state index contributed by atoms with van der Waals surface area (Å²) < 4.78 is 1.71. The van der Waals surface area contributed by atoms with E-state index in [0.29, 0.717) is 42.2 Å². The summed E-state index contributed by atoms with van der Waals surface area (Å²) in [6.45, 7) is 1.10. The third-order valence-corrected chi connectivity index (χ3v) is 8.04. The Hall–Kier alpha value is -3.19. The Kier molecular flexibility index (Phi) is 6.86. The van der Waals surface area contributed by atoms with Crippen LogP contribution in [0.3, 0.4) is 0 Å². The van der Waals surface area contributed by atoms with Gasteiger partial charge in [0.25, 0.3) is 5.56 Å². The van der Waals surface area contributed by atoms with Crippen LogP contribution in [0.15, 0.2) is 52.2 Å². The van der Waals surface area contributed by atoms with Crippen molar-refractivity contribution in [2.24, 2.45) is 11.7 Å². The second-order valence-electron chi connectivity index (χ2n) is 9.31. The SMILES string of the molecule is N#Cc1ccc2ccc(=O)n(C[C@H](N)[C@H]3CC[C@H](NCc4ccc5c(n4)NC(=O)CS5)CC3)c2c1. The lowest BCUT2D eigenvalue weighted by molar-refractivity contribution is -0.113. The van der Waals surface area contributed by atoms with Gasteiger partial charge in [0, 0.05) is 31.2 Å². The number of carbonyl (C=O) groups is 1. The van der Waals surface area contributed by atoms with Gasteiger partial charge in [0.2, 0.25) is 5.91 Å². The highest BCUT2D eigenvalue weighted by Gasteiger charge is 2.26. The van der Waals surface area contributed by atoms with Crippen molar-refractivity contribution in [1.29, 1.82) is 5.26 Å². The quantitative estimate of drug-likeness (QED) is 0.487. The van der Waals surface area contributed by atoms with Crippen LogP contribution in [-0.4, -0.2) is 33.3 Å². The van der Waals surface area contributed by atoms with Gasteiger partial charge in [-0.25, -0.2) is 4.98 Å². The maximum Gasteiger partial charge on any atom is 0.251 e. The summed E-state index contributed by atoms with van der Waals surface area (Å²) in [7, 11) is 0. The summed E-state index contributed by atoms with van der Waals surface area (Å²) in [5.74, 6) is 1.42. The molecule has 0 spiro atoms. The second kappa shape index (κ2) is 10.2. The van der Waals surface area contributed by atoms with Crippen molar-refractivity contribution >= 4 is 34.4 Å². The van der Waals surface area contributed by atoms with E-state index in [1.807, 2.05) is 18.2 Å². The maximum absolute atomic E-state index is 12.6. The molecule has 1 saturated carbocycles. The zero-order valence-electron chi connectivity index (χ0n) is 19.4. The molecule has 8 nitrogen and oxygen atoms in total. The molecule has 1 aromatic carbocycles. The monoisotopic (exact) mass is 488 g/mol. The number of pyridine rings is 2. The Morgan fingerprint density at radius 2 is 1.97 bits per heavy atom. The first-order chi connectivity index (χ1) is 17.0. The molecule has 3 aromatic rings. The Bertz CT molecular complexity index is 1360. The van der Waals surface area contributed by atoms with E-state index < -0.39 is 0 Å². The lowest BCUT2D eigenvalue weighted by atomic mass is 9.81. The number of hydrogen-bond acceptors (Lipinski definition) is 7. The fourth-order valence-corrected chi connectivity index (χ4v) is 5.77. The van der Waals surface area contributed by atoms with Gasteiger partial charge in [0.15, 0.2) is 0 Å². The van der Waals surface area contributed by atoms with Crippen LogP contribution >= 0.6 is 11.8 Å². The zero-order chi connectivity index (χ0) is 24.4. The van der Waals surface area contributed by atoms with Crippen molar-refractivity contribution in [3.05, 3.63) is 64.1 Å². The minimum atomic E-state index is -0.131. The number of nitrogens with one attached hydrogen (secondary N) is 2. The molecule has 1 fully saturated rings. The molecule has 0 radical (unpaired) electrons. The molecule has 0 saturated heterocycles. The van der Waals surface area contributed by atoms with E-state index in [4.69, 9.17) is 5.73 Å². The van der Waals surface area contributed by atoms with Gasteiger partial charge < -0.3 is 20.9 Å². The number of thioether (sulfide) groups is 1. The molecule has 35 heavy (non-hydrogen) atoms. The average Bonchev–Trinajstić information content (AvgIpc) is 2.88. The number of nitriles is 1. The van der Waals surface area contributed by atoms with E-state index in [-0.39, 0.29) is 17.5 Å². The summed E-state index contributed by atoms with van der Waals surface area (Å²) in [6.07, 6.45) is 4.01. The molecule has 2 aliphatic rings. The largest absolute Gasteiger partial charge is 0.326 e. The number of anilines is 1. The fraction of sp³-hybridized carbons (Fsp3) is 0.385. The van der Waals surface area contributed by atoms with E-state index >= 15 is 0 Å². The molecule has 1 amide bonds. The number of fused-ring (bicyclic) bond motifs is 2. The number of amides is 1. The van der Waals surface area contributed by atoms with Crippen LogP contribution in [0.5, 0.6) is 0 Å². The normalized spacial score (nSPS) is 20.6. The molecule has 9 heteroatoms. The van der Waals surface area contributed by atoms with Crippen LogP contribution in [-0.2, 0) is 17.9 Å². The lowest BCUT2D eigenvalue weighted by Gasteiger charge is -2.33. The molecule has 1 aliphatic carbocycles. The highest BCUT2D eigenvalue weighted by atomic mass is 32.2. The van der Waals surface area contributed by atoms with Gasteiger partial charge in [0.05, 0.1) is 33.5 Å². The van der Waals surface area contributed by atoms with Crippen LogP contribution in [0, 0.1) is 17.2 Å². The maximum atomic E-state index is 12.6. The Labute approximate surface area is 207 Å². The fourth-order valence-electron chi connectivity index (χ4n) is 5.01. The summed E-state index contributed by atoms with van der Waals surface area (Å²) >= 11 is 1.52. The molecular formula is C26H28N6O2S. The first kappa shape index (κ1) is 23.5. The smallest absolute Gasteiger partial charge is 0.251 e. The van der Waals surface area contributed by atoms with Crippen molar-refractivity contribution in [2.45, 2.75) is 55.8 Å². The standard InChI is InChI=1S/C26H28N6O2S/c27-12-16-1-2-18-5-10-25(34)32(22(18)11-16)14-21(28)17-3-6-19(7-4-17)29-13-20-8-9-23-26(30-20)31-24(33)15-35-23/h1-2,5,8-11,17,19,21,29H,3-4,6-7,13-15,28H2,(H,30,31,33)/t17-,19-,21-/m0/s1. The van der Waals surface area contributed by atoms with E-state index in [0.717, 1.165) is 47.2 Å². The van der Waals surface area contributed by atoms with Crippen LogP contribution < -0.4 is 21.9 Å². The van der Waals surface area contributed by atoms with Gasteiger partial charge in [-0.1, -0.05) is 6.07 Å². The summed E-state index contributed by atoms with van der Waals surface area (Å²) in [6, 6.07) is 15.2. The Morgan fingerprint density at radius 3 is 2.77 bits per heavy atom. The molecule has 0 bridgehead atoms. The van der Waals surface area contributed by atoms with Gasteiger partial charge in [-0.05, 0) is 67.3 Å². The molecule has 4 N–H and O–H groups in total. The number of carbonyl (C=O) groups excluding carboxylic acids is 1. The zero-order valence-corrected chi connectivity index (χ0v) is 20.2. The van der Waals surface area contributed by atoms with Crippen molar-refractivity contribution in [3.63, 3.8) is 0 Å². The molecule has 2 aromatic heterocycles. The van der Waals surface area contributed by atoms with Crippen LogP contribution in [0.2, 0.25) is 0 Å². The number of benzene rings is 1. The minimum Gasteiger partial charge on any atom is -0.326 e. The molecule has 3 heterocycles. The van der Waals surface area contributed by atoms with Crippen molar-refractivity contribution in [3.8, 4) is 6.07 Å². The minimum absolute atomic E-state index is 0.00830. The topological polar surface area (TPSA) is 126 Å². The first-order valence-electron chi connectivity index (χ1n) is 12.0. The first-order valence-corrected chi connectivity index (χ1v) is 12.9. The van der Waals surface area contributed by atoms with Crippen molar-refractivity contribution < 1.29 is 4.79 Å². The number of nitrogens with two attached hydrogens (primary N) is 1. The Morgan fingerprint density at radius 1 is 1.17 bits per heavy atom. The van der Waals surface area contributed by atoms with Crippen molar-refractivity contribution in [1.82, 2.24) is 14.9 Å². The summed E-state index contributed by atoms with van der Waals surface area (Å²) in [5, 5.41) is 16.6. The molecule has 5 rings (SSSR count). The predicted octanol–water partition coefficient (Wildman–Crippen LogP) is 2.99. The number of nitrogens with zero attached hydrogens (tertiary/aromatic N) is 3.